The van der Waals surface area contributed by atoms with Crippen LogP contribution < -0.4 is 10.6 Å². The molecule has 78 valence electrons. The first-order valence-corrected chi connectivity index (χ1v) is 4.78. The van der Waals surface area contributed by atoms with Gasteiger partial charge in [0.05, 0.1) is 0 Å². The summed E-state index contributed by atoms with van der Waals surface area (Å²) in [7, 11) is 0. The van der Waals surface area contributed by atoms with Crippen molar-refractivity contribution >= 4 is 29.8 Å². The van der Waals surface area contributed by atoms with Crippen molar-refractivity contribution in [3.8, 4) is 0 Å². The molecule has 0 spiro atoms. The van der Waals surface area contributed by atoms with Crippen molar-refractivity contribution < 1.29 is 0 Å². The molecule has 0 atom stereocenters. The lowest BCUT2D eigenvalue weighted by atomic mass is 10.0. The Morgan fingerprint density at radius 1 is 1.57 bits per heavy atom. The molecular weight excluding hydrogens is 221 g/mol. The molecule has 5 heteroatoms. The molecule has 3 nitrogen and oxygen atoms in total. The van der Waals surface area contributed by atoms with Gasteiger partial charge in [0.1, 0.15) is 5.82 Å². The van der Waals surface area contributed by atoms with Crippen molar-refractivity contribution in [2.24, 2.45) is 5.92 Å². The monoisotopic (exact) mass is 233 g/mol. The standard InChI is InChI=1S/C9H12ClN3.ClH/c10-8-1-2-12-9(3-8)13-6-7-4-11-5-7;/h1-3,7,11H,4-6H2,(H,12,13);1H. The summed E-state index contributed by atoms with van der Waals surface area (Å²) in [6.45, 7) is 3.18. The first-order valence-electron chi connectivity index (χ1n) is 4.41. The van der Waals surface area contributed by atoms with Gasteiger partial charge in [0.15, 0.2) is 0 Å². The highest BCUT2D eigenvalue weighted by molar-refractivity contribution is 6.30. The van der Waals surface area contributed by atoms with Gasteiger partial charge in [-0.15, -0.1) is 12.4 Å². The minimum Gasteiger partial charge on any atom is -0.370 e. The van der Waals surface area contributed by atoms with Crippen LogP contribution in [-0.4, -0.2) is 24.6 Å². The van der Waals surface area contributed by atoms with E-state index in [-0.39, 0.29) is 12.4 Å². The van der Waals surface area contributed by atoms with E-state index >= 15 is 0 Å². The van der Waals surface area contributed by atoms with Crippen molar-refractivity contribution in [2.45, 2.75) is 0 Å². The molecule has 0 saturated carbocycles. The molecule has 1 aromatic heterocycles. The maximum atomic E-state index is 5.82. The zero-order chi connectivity index (χ0) is 9.10. The van der Waals surface area contributed by atoms with E-state index < -0.39 is 0 Å². The minimum absolute atomic E-state index is 0. The lowest BCUT2D eigenvalue weighted by molar-refractivity contribution is 0.365. The predicted octanol–water partition coefficient (Wildman–Crippen LogP) is 1.79. The summed E-state index contributed by atoms with van der Waals surface area (Å²) in [5.74, 6) is 1.60. The third kappa shape index (κ3) is 3.01. The van der Waals surface area contributed by atoms with Crippen molar-refractivity contribution in [3.63, 3.8) is 0 Å². The van der Waals surface area contributed by atoms with Gasteiger partial charge in [0.2, 0.25) is 0 Å². The molecule has 0 unspecified atom stereocenters. The van der Waals surface area contributed by atoms with E-state index in [2.05, 4.69) is 15.6 Å². The van der Waals surface area contributed by atoms with E-state index in [0.29, 0.717) is 0 Å². The molecule has 0 aromatic carbocycles. The quantitative estimate of drug-likeness (QED) is 0.837. The molecule has 0 bridgehead atoms. The Morgan fingerprint density at radius 3 is 2.93 bits per heavy atom. The molecule has 1 saturated heterocycles. The molecule has 1 aliphatic heterocycles. The van der Waals surface area contributed by atoms with Gasteiger partial charge in [0.25, 0.3) is 0 Å². The Bertz CT molecular complexity index is 289. The van der Waals surface area contributed by atoms with Crippen LogP contribution in [0.2, 0.25) is 5.02 Å². The molecule has 2 heterocycles. The van der Waals surface area contributed by atoms with Gasteiger partial charge in [-0.1, -0.05) is 11.6 Å². The molecule has 14 heavy (non-hydrogen) atoms. The van der Waals surface area contributed by atoms with Crippen molar-refractivity contribution in [1.29, 1.82) is 0 Å². The molecular formula is C9H13Cl2N3. The molecule has 0 aliphatic carbocycles. The highest BCUT2D eigenvalue weighted by Gasteiger charge is 2.15. The first-order chi connectivity index (χ1) is 6.34. The minimum atomic E-state index is 0. The molecule has 2 rings (SSSR count). The van der Waals surface area contributed by atoms with E-state index in [4.69, 9.17) is 11.6 Å². The Morgan fingerprint density at radius 2 is 2.36 bits per heavy atom. The summed E-state index contributed by atoms with van der Waals surface area (Å²) >= 11 is 5.82. The molecule has 1 fully saturated rings. The summed E-state index contributed by atoms with van der Waals surface area (Å²) < 4.78 is 0. The number of pyridine rings is 1. The second-order valence-corrected chi connectivity index (χ2v) is 3.70. The number of halogens is 2. The summed E-state index contributed by atoms with van der Waals surface area (Å²) in [4.78, 5) is 4.15. The van der Waals surface area contributed by atoms with Crippen LogP contribution in [0.3, 0.4) is 0 Å². The summed E-state index contributed by atoms with van der Waals surface area (Å²) in [5, 5.41) is 7.20. The van der Waals surface area contributed by atoms with Crippen molar-refractivity contribution in [2.75, 3.05) is 25.0 Å². The van der Waals surface area contributed by atoms with E-state index in [1.165, 1.54) is 0 Å². The van der Waals surface area contributed by atoms with Gasteiger partial charge >= 0.3 is 0 Å². The maximum absolute atomic E-state index is 5.82. The zero-order valence-corrected chi connectivity index (χ0v) is 9.24. The lowest BCUT2D eigenvalue weighted by Crippen LogP contribution is -2.45. The zero-order valence-electron chi connectivity index (χ0n) is 7.66. The van der Waals surface area contributed by atoms with E-state index in [0.717, 1.165) is 36.4 Å². The van der Waals surface area contributed by atoms with Crippen LogP contribution in [-0.2, 0) is 0 Å². The fourth-order valence-electron chi connectivity index (χ4n) is 1.24. The number of rotatable bonds is 3. The van der Waals surface area contributed by atoms with Crippen LogP contribution in [0.4, 0.5) is 5.82 Å². The number of nitrogens with zero attached hydrogens (tertiary/aromatic N) is 1. The van der Waals surface area contributed by atoms with E-state index in [1.807, 2.05) is 6.07 Å². The Labute approximate surface area is 94.7 Å². The number of nitrogens with one attached hydrogen (secondary N) is 2. The fraction of sp³-hybridized carbons (Fsp3) is 0.444. The van der Waals surface area contributed by atoms with Crippen LogP contribution >= 0.6 is 24.0 Å². The lowest BCUT2D eigenvalue weighted by Gasteiger charge is -2.27. The third-order valence-electron chi connectivity index (χ3n) is 2.16. The summed E-state index contributed by atoms with van der Waals surface area (Å²) in [6.07, 6.45) is 1.71. The largest absolute Gasteiger partial charge is 0.370 e. The average Bonchev–Trinajstić information content (AvgIpc) is 2.01. The second kappa shape index (κ2) is 5.39. The van der Waals surface area contributed by atoms with Gasteiger partial charge in [-0.25, -0.2) is 4.98 Å². The molecule has 0 amide bonds. The number of hydrogen-bond donors (Lipinski definition) is 2. The highest BCUT2D eigenvalue weighted by Crippen LogP contribution is 2.12. The van der Waals surface area contributed by atoms with E-state index in [1.54, 1.807) is 12.3 Å². The number of hydrogen-bond acceptors (Lipinski definition) is 3. The average molecular weight is 234 g/mol. The van der Waals surface area contributed by atoms with E-state index in [9.17, 15) is 0 Å². The molecule has 1 aliphatic rings. The van der Waals surface area contributed by atoms with Gasteiger partial charge in [0, 0.05) is 36.8 Å². The van der Waals surface area contributed by atoms with Crippen LogP contribution in [0.15, 0.2) is 18.3 Å². The second-order valence-electron chi connectivity index (χ2n) is 3.26. The molecule has 0 radical (unpaired) electrons. The van der Waals surface area contributed by atoms with Gasteiger partial charge in [-0.05, 0) is 12.1 Å². The van der Waals surface area contributed by atoms with Crippen LogP contribution in [0.25, 0.3) is 0 Å². The van der Waals surface area contributed by atoms with Crippen LogP contribution in [0.1, 0.15) is 0 Å². The molecule has 1 aromatic rings. The maximum Gasteiger partial charge on any atom is 0.127 e. The molecule has 2 N–H and O–H groups in total. The Hall–Kier alpha value is -0.510. The first kappa shape index (κ1) is 11.6. The fourth-order valence-corrected chi connectivity index (χ4v) is 1.40. The smallest absolute Gasteiger partial charge is 0.127 e. The summed E-state index contributed by atoms with van der Waals surface area (Å²) in [6, 6.07) is 3.62. The van der Waals surface area contributed by atoms with Crippen molar-refractivity contribution in [3.05, 3.63) is 23.4 Å². The summed E-state index contributed by atoms with van der Waals surface area (Å²) in [5.41, 5.74) is 0. The number of aromatic nitrogens is 1. The van der Waals surface area contributed by atoms with Crippen LogP contribution in [0.5, 0.6) is 0 Å². The third-order valence-corrected chi connectivity index (χ3v) is 2.39. The van der Waals surface area contributed by atoms with Crippen LogP contribution in [0, 0.1) is 5.92 Å². The Kier molecular flexibility index (Phi) is 4.45. The topological polar surface area (TPSA) is 37.0 Å². The SMILES string of the molecule is Cl.Clc1ccnc(NCC2CNC2)c1. The van der Waals surface area contributed by atoms with Gasteiger partial charge in [-0.3, -0.25) is 0 Å². The Balaban J connectivity index is 0.000000980. The predicted molar refractivity (Wildman–Crippen MR) is 61.3 cm³/mol. The normalized spacial score (nSPS) is 15.5. The highest BCUT2D eigenvalue weighted by atomic mass is 35.5. The van der Waals surface area contributed by atoms with Gasteiger partial charge in [-0.2, -0.15) is 0 Å². The van der Waals surface area contributed by atoms with Crippen molar-refractivity contribution in [1.82, 2.24) is 10.3 Å². The van der Waals surface area contributed by atoms with Gasteiger partial charge < -0.3 is 10.6 Å². The number of anilines is 1.